The number of hydrogen-bond donors (Lipinski definition) is 0. The van der Waals surface area contributed by atoms with E-state index in [-0.39, 0.29) is 21.7 Å². The number of nitrogens with zero attached hydrogens (tertiary/aromatic N) is 1. The molecule has 8 rings (SSSR count). The van der Waals surface area contributed by atoms with E-state index in [1.165, 1.54) is 83.8 Å². The summed E-state index contributed by atoms with van der Waals surface area (Å²) in [5.74, 6) is 0. The first-order chi connectivity index (χ1) is 24.1. The summed E-state index contributed by atoms with van der Waals surface area (Å²) in [7, 11) is 0. The zero-order valence-corrected chi connectivity index (χ0v) is 32.1. The normalized spacial score (nSPS) is 15.2. The van der Waals surface area contributed by atoms with Gasteiger partial charge in [0, 0.05) is 27.8 Å². The quantitative estimate of drug-likeness (QED) is 0.181. The molecular formula is C50H51N. The van der Waals surface area contributed by atoms with Crippen LogP contribution in [0.3, 0.4) is 0 Å². The van der Waals surface area contributed by atoms with Crippen LogP contribution >= 0.6 is 0 Å². The Morgan fingerprint density at radius 3 is 1.61 bits per heavy atom. The lowest BCUT2D eigenvalue weighted by molar-refractivity contribution is 0.564. The molecule has 0 radical (unpaired) electrons. The SMILES string of the molecule is CC(C)(C)c1cc(C(C)(C)C)c2c(c1)C(C)(C)c1cc(N(c3ccc4c(c3)C(C)(C)c3ccccc3-4)c3ccccc3-c3ccccc3)ccc1-2. The van der Waals surface area contributed by atoms with Crippen LogP contribution in [0.15, 0.2) is 127 Å². The molecule has 0 saturated carbocycles. The highest BCUT2D eigenvalue weighted by atomic mass is 15.1. The van der Waals surface area contributed by atoms with Gasteiger partial charge in [-0.3, -0.25) is 0 Å². The van der Waals surface area contributed by atoms with Gasteiger partial charge in [0.15, 0.2) is 0 Å². The Hall–Kier alpha value is -4.88. The van der Waals surface area contributed by atoms with E-state index in [0.29, 0.717) is 0 Å². The predicted octanol–water partition coefficient (Wildman–Crippen LogP) is 14.0. The number of fused-ring (bicyclic) bond motifs is 6. The van der Waals surface area contributed by atoms with Gasteiger partial charge in [0.25, 0.3) is 0 Å². The van der Waals surface area contributed by atoms with Crippen LogP contribution in [0.4, 0.5) is 17.1 Å². The van der Waals surface area contributed by atoms with Crippen LogP contribution in [0.2, 0.25) is 0 Å². The van der Waals surface area contributed by atoms with Crippen LogP contribution < -0.4 is 4.90 Å². The van der Waals surface area contributed by atoms with E-state index in [9.17, 15) is 0 Å². The molecule has 0 spiro atoms. The average Bonchev–Trinajstić information content (AvgIpc) is 3.47. The van der Waals surface area contributed by atoms with E-state index in [1.54, 1.807) is 0 Å². The third-order valence-corrected chi connectivity index (χ3v) is 11.7. The van der Waals surface area contributed by atoms with Gasteiger partial charge in [-0.1, -0.05) is 166 Å². The molecule has 0 aliphatic heterocycles. The zero-order valence-electron chi connectivity index (χ0n) is 32.1. The molecule has 2 aliphatic carbocycles. The highest BCUT2D eigenvalue weighted by Crippen LogP contribution is 2.56. The molecule has 0 bridgehead atoms. The first-order valence-corrected chi connectivity index (χ1v) is 18.6. The number of hydrogen-bond acceptors (Lipinski definition) is 1. The van der Waals surface area contributed by atoms with Crippen LogP contribution in [0.25, 0.3) is 33.4 Å². The predicted molar refractivity (Wildman–Crippen MR) is 219 cm³/mol. The second-order valence-corrected chi connectivity index (χ2v) is 17.9. The van der Waals surface area contributed by atoms with Gasteiger partial charge in [-0.05, 0) is 102 Å². The second-order valence-electron chi connectivity index (χ2n) is 17.9. The van der Waals surface area contributed by atoms with Gasteiger partial charge < -0.3 is 4.90 Å². The molecule has 6 aromatic carbocycles. The summed E-state index contributed by atoms with van der Waals surface area (Å²) < 4.78 is 0. The second kappa shape index (κ2) is 11.3. The van der Waals surface area contributed by atoms with Gasteiger partial charge in [0.1, 0.15) is 0 Å². The molecule has 0 amide bonds. The molecule has 0 unspecified atom stereocenters. The Morgan fingerprint density at radius 1 is 0.431 bits per heavy atom. The molecule has 2 aliphatic rings. The molecule has 0 aromatic heterocycles. The minimum atomic E-state index is -0.159. The molecule has 0 heterocycles. The van der Waals surface area contributed by atoms with Crippen molar-refractivity contribution in [2.75, 3.05) is 4.90 Å². The monoisotopic (exact) mass is 665 g/mol. The fourth-order valence-electron chi connectivity index (χ4n) is 8.79. The van der Waals surface area contributed by atoms with Crippen molar-refractivity contribution in [2.24, 2.45) is 0 Å². The van der Waals surface area contributed by atoms with Crippen LogP contribution in [-0.2, 0) is 21.7 Å². The first kappa shape index (κ1) is 33.3. The van der Waals surface area contributed by atoms with E-state index < -0.39 is 0 Å². The molecule has 1 heteroatoms. The van der Waals surface area contributed by atoms with Gasteiger partial charge in [-0.25, -0.2) is 0 Å². The van der Waals surface area contributed by atoms with Crippen molar-refractivity contribution in [1.82, 2.24) is 0 Å². The summed E-state index contributed by atoms with van der Waals surface area (Å²) in [4.78, 5) is 2.51. The summed E-state index contributed by atoms with van der Waals surface area (Å²) in [6.07, 6.45) is 0. The van der Waals surface area contributed by atoms with E-state index in [4.69, 9.17) is 0 Å². The molecule has 0 saturated heterocycles. The Labute approximate surface area is 306 Å². The van der Waals surface area contributed by atoms with Gasteiger partial charge in [-0.15, -0.1) is 0 Å². The van der Waals surface area contributed by atoms with Crippen molar-refractivity contribution in [3.63, 3.8) is 0 Å². The van der Waals surface area contributed by atoms with E-state index in [1.807, 2.05) is 0 Å². The average molecular weight is 666 g/mol. The maximum Gasteiger partial charge on any atom is 0.0540 e. The fraction of sp³-hybridized carbons (Fsp3) is 0.280. The Morgan fingerprint density at radius 2 is 0.961 bits per heavy atom. The molecule has 51 heavy (non-hydrogen) atoms. The smallest absolute Gasteiger partial charge is 0.0540 e. The topological polar surface area (TPSA) is 3.24 Å². The van der Waals surface area contributed by atoms with Gasteiger partial charge in [0.05, 0.1) is 5.69 Å². The van der Waals surface area contributed by atoms with Crippen LogP contribution in [-0.4, -0.2) is 0 Å². The highest BCUT2D eigenvalue weighted by Gasteiger charge is 2.41. The van der Waals surface area contributed by atoms with Crippen molar-refractivity contribution in [1.29, 1.82) is 0 Å². The molecule has 1 nitrogen and oxygen atoms in total. The molecular weight excluding hydrogens is 615 g/mol. The van der Waals surface area contributed by atoms with Crippen molar-refractivity contribution in [3.05, 3.63) is 161 Å². The van der Waals surface area contributed by atoms with Crippen LogP contribution in [0.1, 0.15) is 103 Å². The van der Waals surface area contributed by atoms with Gasteiger partial charge >= 0.3 is 0 Å². The maximum absolute atomic E-state index is 2.51. The molecule has 256 valence electrons. The Kier molecular flexibility index (Phi) is 7.38. The first-order valence-electron chi connectivity index (χ1n) is 18.6. The lowest BCUT2D eigenvalue weighted by Gasteiger charge is -2.31. The van der Waals surface area contributed by atoms with Crippen molar-refractivity contribution in [3.8, 4) is 33.4 Å². The number of anilines is 3. The number of rotatable bonds is 4. The van der Waals surface area contributed by atoms with Gasteiger partial charge in [0.2, 0.25) is 0 Å². The van der Waals surface area contributed by atoms with E-state index in [0.717, 1.165) is 0 Å². The summed E-state index contributed by atoms with van der Waals surface area (Å²) in [6, 6.07) is 48.1. The molecule has 0 N–H and O–H groups in total. The van der Waals surface area contributed by atoms with Crippen LogP contribution in [0.5, 0.6) is 0 Å². The van der Waals surface area contributed by atoms with E-state index in [2.05, 4.69) is 202 Å². The number of benzene rings is 6. The lowest BCUT2D eigenvalue weighted by Crippen LogP contribution is -2.21. The fourth-order valence-corrected chi connectivity index (χ4v) is 8.79. The molecule has 6 aromatic rings. The van der Waals surface area contributed by atoms with Crippen molar-refractivity contribution < 1.29 is 0 Å². The summed E-state index contributed by atoms with van der Waals surface area (Å²) in [6.45, 7) is 23.7. The molecule has 0 fully saturated rings. The Balaban J connectivity index is 1.37. The van der Waals surface area contributed by atoms with Crippen molar-refractivity contribution in [2.45, 2.75) is 90.9 Å². The summed E-state index contributed by atoms with van der Waals surface area (Å²) in [5, 5.41) is 0. The zero-order chi connectivity index (χ0) is 36.1. The van der Waals surface area contributed by atoms with E-state index >= 15 is 0 Å². The minimum Gasteiger partial charge on any atom is -0.310 e. The summed E-state index contributed by atoms with van der Waals surface area (Å²) >= 11 is 0. The largest absolute Gasteiger partial charge is 0.310 e. The standard InChI is InChI=1S/C50H51N/c1-47(2,3)33-28-43(48(4,5)6)46-39-27-25-35(31-42(39)50(9,10)44(46)29-33)51(45-23-17-15-20-36(45)32-18-12-11-13-19-32)34-24-26-38-37-21-14-16-22-40(37)49(7,8)41(38)30-34/h11-31H,1-10H3. The minimum absolute atomic E-state index is 0.0111. The molecule has 0 atom stereocenters. The number of para-hydroxylation sites is 1. The van der Waals surface area contributed by atoms with Gasteiger partial charge in [-0.2, -0.15) is 0 Å². The Bertz CT molecular complexity index is 2320. The third kappa shape index (κ3) is 5.19. The van der Waals surface area contributed by atoms with Crippen molar-refractivity contribution >= 4 is 17.1 Å². The van der Waals surface area contributed by atoms with Crippen LogP contribution in [0, 0.1) is 0 Å². The summed E-state index contributed by atoms with van der Waals surface area (Å²) in [5.41, 5.74) is 19.7. The third-order valence-electron chi connectivity index (χ3n) is 11.7. The maximum atomic E-state index is 2.51. The highest BCUT2D eigenvalue weighted by molar-refractivity contribution is 5.93. The lowest BCUT2D eigenvalue weighted by atomic mass is 9.74.